The van der Waals surface area contributed by atoms with E-state index >= 15 is 0 Å². The molecule has 0 unspecified atom stereocenters. The molecule has 0 radical (unpaired) electrons. The van der Waals surface area contributed by atoms with Crippen LogP contribution in [0.3, 0.4) is 0 Å². The molecule has 0 aliphatic heterocycles. The Kier molecular flexibility index (Phi) is 4.38. The van der Waals surface area contributed by atoms with Crippen molar-refractivity contribution in [3.8, 4) is 17.4 Å². The third-order valence-electron chi connectivity index (χ3n) is 4.37. The average molecular weight is 357 g/mol. The lowest BCUT2D eigenvalue weighted by Crippen LogP contribution is -2.02. The lowest BCUT2D eigenvalue weighted by molar-refractivity contribution is 0.382. The van der Waals surface area contributed by atoms with Gasteiger partial charge in [0.05, 0.1) is 23.9 Å². The van der Waals surface area contributed by atoms with Crippen molar-refractivity contribution in [2.24, 2.45) is 0 Å². The normalized spacial score (nSPS) is 10.8. The predicted molar refractivity (Wildman–Crippen MR) is 106 cm³/mol. The molecule has 27 heavy (non-hydrogen) atoms. The zero-order valence-corrected chi connectivity index (χ0v) is 15.4. The molecule has 0 bridgehead atoms. The van der Waals surface area contributed by atoms with E-state index in [9.17, 15) is 0 Å². The van der Waals surface area contributed by atoms with Crippen molar-refractivity contribution in [3.63, 3.8) is 0 Å². The molecule has 3 aromatic heterocycles. The van der Waals surface area contributed by atoms with Gasteiger partial charge in [-0.2, -0.15) is 9.97 Å². The molecule has 0 fully saturated rings. The molecule has 3 heterocycles. The molecule has 0 aliphatic rings. The number of aryl methyl sites for hydroxylation is 2. The predicted octanol–water partition coefficient (Wildman–Crippen LogP) is 4.46. The van der Waals surface area contributed by atoms with Gasteiger partial charge in [0.2, 0.25) is 0 Å². The number of hydrogen-bond acceptors (Lipinski definition) is 6. The van der Waals surface area contributed by atoms with Gasteiger partial charge >= 0.3 is 6.01 Å². The minimum atomic E-state index is 0.265. The molecule has 6 nitrogen and oxygen atoms in total. The number of anilines is 2. The second-order valence-corrected chi connectivity index (χ2v) is 6.24. The van der Waals surface area contributed by atoms with Crippen molar-refractivity contribution in [1.82, 2.24) is 19.9 Å². The first kappa shape index (κ1) is 16.9. The number of nitrogens with one attached hydrogen (secondary N) is 1. The van der Waals surface area contributed by atoms with E-state index < -0.39 is 0 Å². The summed E-state index contributed by atoms with van der Waals surface area (Å²) in [7, 11) is 1.55. The van der Waals surface area contributed by atoms with Crippen LogP contribution in [0.2, 0.25) is 0 Å². The monoisotopic (exact) mass is 357 g/mol. The second-order valence-electron chi connectivity index (χ2n) is 6.24. The second kappa shape index (κ2) is 6.99. The number of nitrogens with zero attached hydrogens (tertiary/aromatic N) is 4. The van der Waals surface area contributed by atoms with Crippen LogP contribution in [0.1, 0.15) is 11.1 Å². The Balaban J connectivity index is 1.85. The van der Waals surface area contributed by atoms with Gasteiger partial charge in [-0.05, 0) is 49.2 Å². The molecule has 134 valence electrons. The van der Waals surface area contributed by atoms with Gasteiger partial charge in [-0.25, -0.2) is 4.98 Å². The van der Waals surface area contributed by atoms with Crippen LogP contribution < -0.4 is 10.1 Å². The molecule has 1 aromatic carbocycles. The fraction of sp³-hybridized carbons (Fsp3) is 0.143. The van der Waals surface area contributed by atoms with Crippen LogP contribution in [0, 0.1) is 13.8 Å². The number of rotatable bonds is 4. The SMILES string of the molecule is COc1nc(Nc2ccccc2C)c2ccc(-c3ncccc3C)nc2n1. The van der Waals surface area contributed by atoms with Gasteiger partial charge in [0.15, 0.2) is 5.65 Å². The van der Waals surface area contributed by atoms with Crippen LogP contribution in [0.15, 0.2) is 54.7 Å². The highest BCUT2D eigenvalue weighted by molar-refractivity contribution is 5.90. The van der Waals surface area contributed by atoms with Crippen LogP contribution in [0.4, 0.5) is 11.5 Å². The van der Waals surface area contributed by atoms with Crippen molar-refractivity contribution in [1.29, 1.82) is 0 Å². The molecule has 4 rings (SSSR count). The highest BCUT2D eigenvalue weighted by Gasteiger charge is 2.13. The summed E-state index contributed by atoms with van der Waals surface area (Å²) in [6, 6.07) is 16.1. The maximum Gasteiger partial charge on any atom is 0.320 e. The van der Waals surface area contributed by atoms with Crippen LogP contribution in [0.25, 0.3) is 22.4 Å². The number of methoxy groups -OCH3 is 1. The van der Waals surface area contributed by atoms with E-state index in [0.717, 1.165) is 33.6 Å². The summed E-state index contributed by atoms with van der Waals surface area (Å²) in [5, 5.41) is 4.19. The van der Waals surface area contributed by atoms with E-state index in [2.05, 4.69) is 20.3 Å². The molecule has 0 saturated heterocycles. The van der Waals surface area contributed by atoms with E-state index in [0.29, 0.717) is 11.5 Å². The fourth-order valence-electron chi connectivity index (χ4n) is 2.90. The molecule has 1 N–H and O–H groups in total. The number of para-hydroxylation sites is 1. The molecule has 6 heteroatoms. The molecule has 0 amide bonds. The number of benzene rings is 1. The summed E-state index contributed by atoms with van der Waals surface area (Å²) in [6.07, 6.45) is 1.76. The van der Waals surface area contributed by atoms with Crippen LogP contribution in [-0.2, 0) is 0 Å². The summed E-state index contributed by atoms with van der Waals surface area (Å²) in [5.41, 5.74) is 5.32. The summed E-state index contributed by atoms with van der Waals surface area (Å²) < 4.78 is 5.28. The standard InChI is InChI=1S/C21H19N5O/c1-13-7-4-5-9-16(13)23-19-15-10-11-17(18-14(2)8-6-12-22-18)24-20(15)26-21(25-19)27-3/h4-12H,1-3H3,(H,23,24,25,26). The highest BCUT2D eigenvalue weighted by atomic mass is 16.5. The van der Waals surface area contributed by atoms with Crippen molar-refractivity contribution < 1.29 is 4.74 Å². The Morgan fingerprint density at radius 1 is 0.852 bits per heavy atom. The number of ether oxygens (including phenoxy) is 1. The van der Waals surface area contributed by atoms with Crippen molar-refractivity contribution >= 4 is 22.5 Å². The van der Waals surface area contributed by atoms with Gasteiger partial charge in [-0.1, -0.05) is 24.3 Å². The fourth-order valence-corrected chi connectivity index (χ4v) is 2.90. The maximum absolute atomic E-state index is 5.28. The van der Waals surface area contributed by atoms with Gasteiger partial charge in [0, 0.05) is 11.9 Å². The molecule has 0 atom stereocenters. The lowest BCUT2D eigenvalue weighted by Gasteiger charge is -2.12. The third kappa shape index (κ3) is 3.29. The largest absolute Gasteiger partial charge is 0.467 e. The van der Waals surface area contributed by atoms with Crippen molar-refractivity contribution in [2.75, 3.05) is 12.4 Å². The average Bonchev–Trinajstić information content (AvgIpc) is 2.69. The number of fused-ring (bicyclic) bond motifs is 1. The topological polar surface area (TPSA) is 72.8 Å². The highest BCUT2D eigenvalue weighted by Crippen LogP contribution is 2.28. The smallest absolute Gasteiger partial charge is 0.320 e. The first-order valence-corrected chi connectivity index (χ1v) is 8.63. The Hall–Kier alpha value is -3.54. The lowest BCUT2D eigenvalue weighted by atomic mass is 10.1. The summed E-state index contributed by atoms with van der Waals surface area (Å²) >= 11 is 0. The Bertz CT molecular complexity index is 1130. The van der Waals surface area contributed by atoms with E-state index in [1.165, 1.54) is 0 Å². The van der Waals surface area contributed by atoms with E-state index in [1.807, 2.05) is 62.4 Å². The minimum absolute atomic E-state index is 0.265. The Labute approximate surface area is 157 Å². The summed E-state index contributed by atoms with van der Waals surface area (Å²) in [6.45, 7) is 4.06. The van der Waals surface area contributed by atoms with Crippen LogP contribution in [0.5, 0.6) is 6.01 Å². The Morgan fingerprint density at radius 3 is 2.44 bits per heavy atom. The quantitative estimate of drug-likeness (QED) is 0.581. The zero-order valence-electron chi connectivity index (χ0n) is 15.4. The van der Waals surface area contributed by atoms with E-state index in [-0.39, 0.29) is 6.01 Å². The molecule has 0 spiro atoms. The molecule has 4 aromatic rings. The van der Waals surface area contributed by atoms with Crippen molar-refractivity contribution in [2.45, 2.75) is 13.8 Å². The van der Waals surface area contributed by atoms with Gasteiger partial charge in [0.25, 0.3) is 0 Å². The number of aromatic nitrogens is 4. The maximum atomic E-state index is 5.28. The van der Waals surface area contributed by atoms with Crippen LogP contribution in [-0.4, -0.2) is 27.0 Å². The molecule has 0 aliphatic carbocycles. The van der Waals surface area contributed by atoms with Gasteiger partial charge in [-0.15, -0.1) is 0 Å². The third-order valence-corrected chi connectivity index (χ3v) is 4.37. The summed E-state index contributed by atoms with van der Waals surface area (Å²) in [5.74, 6) is 0.656. The summed E-state index contributed by atoms with van der Waals surface area (Å²) in [4.78, 5) is 18.1. The first-order valence-electron chi connectivity index (χ1n) is 8.63. The van der Waals surface area contributed by atoms with Crippen LogP contribution >= 0.6 is 0 Å². The minimum Gasteiger partial charge on any atom is -0.467 e. The van der Waals surface area contributed by atoms with Gasteiger partial charge in [0.1, 0.15) is 5.82 Å². The first-order chi connectivity index (χ1) is 13.2. The van der Waals surface area contributed by atoms with E-state index in [4.69, 9.17) is 9.72 Å². The van der Waals surface area contributed by atoms with E-state index in [1.54, 1.807) is 13.3 Å². The van der Waals surface area contributed by atoms with Crippen molar-refractivity contribution in [3.05, 3.63) is 65.9 Å². The zero-order chi connectivity index (χ0) is 18.8. The molecule has 0 saturated carbocycles. The number of hydrogen-bond donors (Lipinski definition) is 1. The van der Waals surface area contributed by atoms with Gasteiger partial charge in [-0.3, -0.25) is 4.98 Å². The molecular weight excluding hydrogens is 338 g/mol. The number of pyridine rings is 2. The van der Waals surface area contributed by atoms with Gasteiger partial charge < -0.3 is 10.1 Å². The Morgan fingerprint density at radius 2 is 1.67 bits per heavy atom. The molecular formula is C21H19N5O.